The van der Waals surface area contributed by atoms with Gasteiger partial charge in [0.15, 0.2) is 0 Å². The van der Waals surface area contributed by atoms with Crippen LogP contribution in [-0.2, 0) is 19.1 Å². The average Bonchev–Trinajstić information content (AvgIpc) is 2.01. The van der Waals surface area contributed by atoms with Crippen LogP contribution in [0.15, 0.2) is 12.7 Å². The third-order valence-electron chi connectivity index (χ3n) is 1.49. The van der Waals surface area contributed by atoms with Gasteiger partial charge >= 0.3 is 11.9 Å². The first-order valence-corrected chi connectivity index (χ1v) is 4.39. The Bertz CT molecular complexity index is 282. The molecular formula is C11H14O4. The Hall–Kier alpha value is -1.76. The van der Waals surface area contributed by atoms with Crippen molar-refractivity contribution < 1.29 is 19.1 Å². The molecule has 0 radical (unpaired) electrons. The van der Waals surface area contributed by atoms with Crippen LogP contribution in [0.5, 0.6) is 0 Å². The fraction of sp³-hybridized carbons (Fsp3) is 0.455. The van der Waals surface area contributed by atoms with E-state index < -0.39 is 17.7 Å². The molecule has 0 aliphatic rings. The maximum absolute atomic E-state index is 10.9. The van der Waals surface area contributed by atoms with Gasteiger partial charge in [-0.25, -0.2) is 0 Å². The van der Waals surface area contributed by atoms with Gasteiger partial charge in [-0.05, 0) is 0 Å². The van der Waals surface area contributed by atoms with E-state index in [0.717, 1.165) is 0 Å². The minimum absolute atomic E-state index is 0.00181. The summed E-state index contributed by atoms with van der Waals surface area (Å²) in [7, 11) is 0. The Kier molecular flexibility index (Phi) is 5.18. The van der Waals surface area contributed by atoms with Gasteiger partial charge in [-0.2, -0.15) is 0 Å². The highest BCUT2D eigenvalue weighted by atomic mass is 16.7. The van der Waals surface area contributed by atoms with E-state index in [1.165, 1.54) is 19.9 Å². The fourth-order valence-electron chi connectivity index (χ4n) is 1.15. The number of esters is 2. The number of ether oxygens (including phenoxy) is 2. The molecule has 0 bridgehead atoms. The van der Waals surface area contributed by atoms with Crippen LogP contribution in [-0.4, -0.2) is 17.7 Å². The SMILES string of the molecule is C#CCC(CC=C)(OC(C)=O)OC(C)=O. The van der Waals surface area contributed by atoms with Crippen molar-refractivity contribution in [3.05, 3.63) is 12.7 Å². The van der Waals surface area contributed by atoms with E-state index >= 15 is 0 Å². The molecule has 0 heterocycles. The second kappa shape index (κ2) is 5.86. The molecule has 4 heteroatoms. The van der Waals surface area contributed by atoms with Gasteiger partial charge < -0.3 is 9.47 Å². The van der Waals surface area contributed by atoms with Crippen LogP contribution < -0.4 is 0 Å². The van der Waals surface area contributed by atoms with E-state index in [9.17, 15) is 9.59 Å². The molecule has 0 saturated heterocycles. The first kappa shape index (κ1) is 13.2. The Morgan fingerprint density at radius 2 is 1.87 bits per heavy atom. The van der Waals surface area contributed by atoms with E-state index in [1.54, 1.807) is 0 Å². The zero-order chi connectivity index (χ0) is 11.9. The van der Waals surface area contributed by atoms with Crippen LogP contribution in [0.1, 0.15) is 26.7 Å². The second-order valence-corrected chi connectivity index (χ2v) is 2.97. The van der Waals surface area contributed by atoms with Crippen molar-refractivity contribution >= 4 is 11.9 Å². The number of hydrogen-bond acceptors (Lipinski definition) is 4. The molecule has 0 unspecified atom stereocenters. The summed E-state index contributed by atoms with van der Waals surface area (Å²) in [4.78, 5) is 21.7. The summed E-state index contributed by atoms with van der Waals surface area (Å²) in [6.07, 6.45) is 6.77. The zero-order valence-corrected chi connectivity index (χ0v) is 8.91. The number of hydrogen-bond donors (Lipinski definition) is 0. The molecule has 0 fully saturated rings. The van der Waals surface area contributed by atoms with Crippen molar-refractivity contribution in [1.82, 2.24) is 0 Å². The lowest BCUT2D eigenvalue weighted by Gasteiger charge is -2.29. The lowest BCUT2D eigenvalue weighted by molar-refractivity contribution is -0.223. The van der Waals surface area contributed by atoms with Gasteiger partial charge in [0, 0.05) is 20.3 Å². The minimum Gasteiger partial charge on any atom is -0.421 e. The Balaban J connectivity index is 4.87. The van der Waals surface area contributed by atoms with E-state index in [2.05, 4.69) is 12.5 Å². The summed E-state index contributed by atoms with van der Waals surface area (Å²) in [5, 5.41) is 0. The predicted molar refractivity (Wildman–Crippen MR) is 54.5 cm³/mol. The molecule has 0 spiro atoms. The topological polar surface area (TPSA) is 52.6 Å². The van der Waals surface area contributed by atoms with Gasteiger partial charge in [0.2, 0.25) is 0 Å². The summed E-state index contributed by atoms with van der Waals surface area (Å²) in [5.41, 5.74) is 0. The van der Waals surface area contributed by atoms with Gasteiger partial charge in [-0.15, -0.1) is 13.0 Å². The van der Waals surface area contributed by atoms with Crippen molar-refractivity contribution in [2.75, 3.05) is 0 Å². The zero-order valence-electron chi connectivity index (χ0n) is 8.91. The van der Waals surface area contributed by atoms with Crippen LogP contribution >= 0.6 is 0 Å². The Morgan fingerprint density at radius 1 is 1.40 bits per heavy atom. The largest absolute Gasteiger partial charge is 0.421 e. The molecule has 0 rings (SSSR count). The predicted octanol–water partition coefficient (Wildman–Crippen LogP) is 1.41. The normalized spacial score (nSPS) is 9.93. The molecule has 0 atom stereocenters. The van der Waals surface area contributed by atoms with Gasteiger partial charge in [0.1, 0.15) is 0 Å². The molecule has 4 nitrogen and oxygen atoms in total. The summed E-state index contributed by atoms with van der Waals surface area (Å²) < 4.78 is 9.87. The first-order valence-electron chi connectivity index (χ1n) is 4.39. The molecule has 0 aromatic heterocycles. The van der Waals surface area contributed by atoms with Crippen LogP contribution in [0.2, 0.25) is 0 Å². The molecule has 82 valence electrons. The lowest BCUT2D eigenvalue weighted by Crippen LogP contribution is -2.38. The first-order chi connectivity index (χ1) is 6.95. The van der Waals surface area contributed by atoms with Crippen molar-refractivity contribution in [3.8, 4) is 12.3 Å². The monoisotopic (exact) mass is 210 g/mol. The van der Waals surface area contributed by atoms with E-state index in [1.807, 2.05) is 0 Å². The third kappa shape index (κ3) is 4.87. The number of carbonyl (C=O) groups is 2. The van der Waals surface area contributed by atoms with E-state index in [4.69, 9.17) is 15.9 Å². The lowest BCUT2D eigenvalue weighted by atomic mass is 10.1. The van der Waals surface area contributed by atoms with Gasteiger partial charge in [-0.1, -0.05) is 12.0 Å². The highest BCUT2D eigenvalue weighted by Crippen LogP contribution is 2.23. The smallest absolute Gasteiger partial charge is 0.305 e. The highest BCUT2D eigenvalue weighted by molar-refractivity contribution is 5.69. The standard InChI is InChI=1S/C11H14O4/c1-5-7-11(8-6-2,14-9(3)12)15-10(4)13/h1,6H,2,7-8H2,3-4H3. The maximum Gasteiger partial charge on any atom is 0.305 e. The van der Waals surface area contributed by atoms with Gasteiger partial charge in [0.25, 0.3) is 5.79 Å². The van der Waals surface area contributed by atoms with Gasteiger partial charge in [0.05, 0.1) is 6.42 Å². The quantitative estimate of drug-likeness (QED) is 0.298. The number of rotatable bonds is 5. The van der Waals surface area contributed by atoms with Crippen LogP contribution in [0.3, 0.4) is 0 Å². The maximum atomic E-state index is 10.9. The van der Waals surface area contributed by atoms with Crippen LogP contribution in [0.4, 0.5) is 0 Å². The second-order valence-electron chi connectivity index (χ2n) is 2.97. The van der Waals surface area contributed by atoms with E-state index in [-0.39, 0.29) is 12.8 Å². The molecular weight excluding hydrogens is 196 g/mol. The molecule has 0 aromatic carbocycles. The van der Waals surface area contributed by atoms with Crippen molar-refractivity contribution in [2.24, 2.45) is 0 Å². The average molecular weight is 210 g/mol. The van der Waals surface area contributed by atoms with Crippen molar-refractivity contribution in [3.63, 3.8) is 0 Å². The molecule has 0 aliphatic carbocycles. The molecule has 0 N–H and O–H groups in total. The highest BCUT2D eigenvalue weighted by Gasteiger charge is 2.35. The molecule has 0 aliphatic heterocycles. The summed E-state index contributed by atoms with van der Waals surface area (Å²) in [6.45, 7) is 5.93. The molecule has 0 amide bonds. The summed E-state index contributed by atoms with van der Waals surface area (Å²) >= 11 is 0. The molecule has 0 aromatic rings. The van der Waals surface area contributed by atoms with Gasteiger partial charge in [-0.3, -0.25) is 9.59 Å². The Morgan fingerprint density at radius 3 is 2.13 bits per heavy atom. The third-order valence-corrected chi connectivity index (χ3v) is 1.49. The fourth-order valence-corrected chi connectivity index (χ4v) is 1.15. The number of carbonyl (C=O) groups excluding carboxylic acids is 2. The van der Waals surface area contributed by atoms with Crippen LogP contribution in [0.25, 0.3) is 0 Å². The van der Waals surface area contributed by atoms with E-state index in [0.29, 0.717) is 0 Å². The van der Waals surface area contributed by atoms with Crippen LogP contribution in [0, 0.1) is 12.3 Å². The molecule has 15 heavy (non-hydrogen) atoms. The van der Waals surface area contributed by atoms with Crippen molar-refractivity contribution in [2.45, 2.75) is 32.5 Å². The summed E-state index contributed by atoms with van der Waals surface area (Å²) in [5.74, 6) is -0.230. The molecule has 0 saturated carbocycles. The minimum atomic E-state index is -1.41. The Labute approximate surface area is 89.2 Å². The summed E-state index contributed by atoms with van der Waals surface area (Å²) in [6, 6.07) is 0. The number of terminal acetylenes is 1. The van der Waals surface area contributed by atoms with Crippen molar-refractivity contribution in [1.29, 1.82) is 0 Å².